The maximum Gasteiger partial charge on any atom is 0.462 e. The highest BCUT2D eigenvalue weighted by molar-refractivity contribution is 6.46. The van der Waals surface area contributed by atoms with Crippen LogP contribution >= 0.6 is 0 Å². The van der Waals surface area contributed by atoms with Crippen molar-refractivity contribution >= 4 is 19.1 Å². The number of hydrogen-bond donors (Lipinski definition) is 0. The molecule has 0 aromatic carbocycles. The zero-order valence-electron chi connectivity index (χ0n) is 13.2. The van der Waals surface area contributed by atoms with Crippen LogP contribution in [0.3, 0.4) is 0 Å². The highest BCUT2D eigenvalue weighted by atomic mass is 16.7. The summed E-state index contributed by atoms with van der Waals surface area (Å²) in [7, 11) is -0.657. The van der Waals surface area contributed by atoms with Crippen molar-refractivity contribution in [2.45, 2.75) is 65.4 Å². The van der Waals surface area contributed by atoms with Crippen LogP contribution in [0.25, 0.3) is 0 Å². The summed E-state index contributed by atoms with van der Waals surface area (Å²) >= 11 is 0. The Balaban J connectivity index is 2.78. The summed E-state index contributed by atoms with van der Waals surface area (Å²) in [5.74, 6) is -1.22. The fraction of sp³-hybridized carbons (Fsp3) is 0.714. The van der Waals surface area contributed by atoms with Crippen LogP contribution in [0.15, 0.2) is 12.2 Å². The molecule has 6 nitrogen and oxygen atoms in total. The largest absolute Gasteiger partial charge is 0.462 e. The standard InChI is InChI=1S/C14H23BO6/c1-6-7-8-15-20-11(13(16)18-9(2)3)12(21-15)14(17)19-10(4)5/h6-7,9-12H,8H2,1-5H3/b7-6+. The molecule has 1 saturated heterocycles. The summed E-state index contributed by atoms with van der Waals surface area (Å²) in [6, 6.07) is 0. The van der Waals surface area contributed by atoms with Crippen LogP contribution in [-0.2, 0) is 28.4 Å². The Kier molecular flexibility index (Phi) is 6.91. The van der Waals surface area contributed by atoms with Gasteiger partial charge in [-0.15, -0.1) is 0 Å². The topological polar surface area (TPSA) is 71.1 Å². The zero-order valence-corrected chi connectivity index (χ0v) is 13.2. The second kappa shape index (κ2) is 8.19. The number of hydrogen-bond acceptors (Lipinski definition) is 6. The predicted octanol–water partition coefficient (Wildman–Crippen LogP) is 1.74. The molecule has 0 aromatic heterocycles. The Labute approximate surface area is 125 Å². The molecule has 0 saturated carbocycles. The normalized spacial score (nSPS) is 22.3. The maximum absolute atomic E-state index is 12.0. The first-order valence-corrected chi connectivity index (χ1v) is 7.18. The third-order valence-corrected chi connectivity index (χ3v) is 2.60. The second-order valence-corrected chi connectivity index (χ2v) is 5.32. The van der Waals surface area contributed by atoms with Crippen molar-refractivity contribution in [3.8, 4) is 0 Å². The van der Waals surface area contributed by atoms with E-state index in [-0.39, 0.29) is 12.2 Å². The van der Waals surface area contributed by atoms with Gasteiger partial charge in [-0.1, -0.05) is 12.2 Å². The molecule has 2 atom stereocenters. The molecule has 1 rings (SSSR count). The molecule has 0 aliphatic carbocycles. The molecule has 0 N–H and O–H groups in total. The van der Waals surface area contributed by atoms with Crippen LogP contribution in [0.5, 0.6) is 0 Å². The molecule has 118 valence electrons. The Hall–Kier alpha value is -1.34. The first kappa shape index (κ1) is 17.7. The number of esters is 2. The van der Waals surface area contributed by atoms with Crippen LogP contribution in [0, 0.1) is 0 Å². The van der Waals surface area contributed by atoms with Crippen LogP contribution in [0.2, 0.25) is 6.32 Å². The van der Waals surface area contributed by atoms with Crippen LogP contribution < -0.4 is 0 Å². The van der Waals surface area contributed by atoms with Gasteiger partial charge in [0, 0.05) is 6.32 Å². The van der Waals surface area contributed by atoms with Gasteiger partial charge in [0.05, 0.1) is 12.2 Å². The van der Waals surface area contributed by atoms with Crippen molar-refractivity contribution < 1.29 is 28.4 Å². The van der Waals surface area contributed by atoms with E-state index in [9.17, 15) is 9.59 Å². The average molecular weight is 298 g/mol. The van der Waals surface area contributed by atoms with Crippen molar-refractivity contribution in [2.24, 2.45) is 0 Å². The lowest BCUT2D eigenvalue weighted by Crippen LogP contribution is -2.40. The molecule has 1 fully saturated rings. The number of ether oxygens (including phenoxy) is 2. The average Bonchev–Trinajstić information content (AvgIpc) is 2.79. The molecule has 0 aromatic rings. The minimum absolute atomic E-state index is 0.294. The van der Waals surface area contributed by atoms with Gasteiger partial charge in [0.15, 0.2) is 12.2 Å². The molecule has 1 heterocycles. The number of rotatable bonds is 6. The Morgan fingerprint density at radius 2 is 1.48 bits per heavy atom. The van der Waals surface area contributed by atoms with Crippen LogP contribution in [-0.4, -0.2) is 43.5 Å². The lowest BCUT2D eigenvalue weighted by molar-refractivity contribution is -0.167. The molecular formula is C14H23BO6. The van der Waals surface area contributed by atoms with E-state index in [4.69, 9.17) is 18.8 Å². The van der Waals surface area contributed by atoms with E-state index in [1.54, 1.807) is 27.7 Å². The van der Waals surface area contributed by atoms with Gasteiger partial charge in [-0.25, -0.2) is 9.59 Å². The Morgan fingerprint density at radius 1 is 1.05 bits per heavy atom. The molecule has 0 spiro atoms. The number of allylic oxidation sites excluding steroid dienone is 2. The lowest BCUT2D eigenvalue weighted by atomic mass is 9.85. The van der Waals surface area contributed by atoms with Gasteiger partial charge in [-0.2, -0.15) is 0 Å². The monoisotopic (exact) mass is 298 g/mol. The van der Waals surface area contributed by atoms with Gasteiger partial charge in [0.1, 0.15) is 0 Å². The van der Waals surface area contributed by atoms with E-state index in [2.05, 4.69) is 0 Å². The fourth-order valence-corrected chi connectivity index (χ4v) is 1.82. The number of carbonyl (C=O) groups is 2. The van der Waals surface area contributed by atoms with Gasteiger partial charge in [-0.3, -0.25) is 0 Å². The number of carbonyl (C=O) groups excluding carboxylic acids is 2. The van der Waals surface area contributed by atoms with E-state index < -0.39 is 31.3 Å². The molecule has 2 unspecified atom stereocenters. The summed E-state index contributed by atoms with van der Waals surface area (Å²) in [5.41, 5.74) is 0. The second-order valence-electron chi connectivity index (χ2n) is 5.32. The van der Waals surface area contributed by atoms with Gasteiger partial charge >= 0.3 is 19.1 Å². The van der Waals surface area contributed by atoms with E-state index in [1.165, 1.54) is 0 Å². The maximum atomic E-state index is 12.0. The third kappa shape index (κ3) is 5.51. The van der Waals surface area contributed by atoms with Crippen molar-refractivity contribution in [2.75, 3.05) is 0 Å². The summed E-state index contributed by atoms with van der Waals surface area (Å²) in [4.78, 5) is 24.0. The van der Waals surface area contributed by atoms with Crippen LogP contribution in [0.4, 0.5) is 0 Å². The van der Waals surface area contributed by atoms with Crippen molar-refractivity contribution in [3.05, 3.63) is 12.2 Å². The third-order valence-electron chi connectivity index (χ3n) is 2.60. The van der Waals surface area contributed by atoms with E-state index in [1.807, 2.05) is 19.1 Å². The quantitative estimate of drug-likeness (QED) is 0.422. The molecule has 0 amide bonds. The van der Waals surface area contributed by atoms with E-state index in [0.717, 1.165) is 0 Å². The van der Waals surface area contributed by atoms with Gasteiger partial charge in [0.2, 0.25) is 0 Å². The minimum atomic E-state index is -1.09. The van der Waals surface area contributed by atoms with E-state index in [0.29, 0.717) is 6.32 Å². The first-order valence-electron chi connectivity index (χ1n) is 7.18. The zero-order chi connectivity index (χ0) is 16.0. The highest BCUT2D eigenvalue weighted by Gasteiger charge is 2.48. The summed E-state index contributed by atoms with van der Waals surface area (Å²) < 4.78 is 21.2. The van der Waals surface area contributed by atoms with Gasteiger partial charge < -0.3 is 18.8 Å². The lowest BCUT2D eigenvalue weighted by Gasteiger charge is -2.18. The fourth-order valence-electron chi connectivity index (χ4n) is 1.82. The van der Waals surface area contributed by atoms with Crippen molar-refractivity contribution in [1.29, 1.82) is 0 Å². The van der Waals surface area contributed by atoms with Crippen LogP contribution in [0.1, 0.15) is 34.6 Å². The van der Waals surface area contributed by atoms with Crippen molar-refractivity contribution in [1.82, 2.24) is 0 Å². The summed E-state index contributed by atoms with van der Waals surface area (Å²) in [5, 5.41) is 0. The Bertz CT molecular complexity index is 363. The smallest absolute Gasteiger partial charge is 0.461 e. The predicted molar refractivity (Wildman–Crippen MR) is 77.6 cm³/mol. The highest BCUT2D eigenvalue weighted by Crippen LogP contribution is 2.23. The molecule has 0 bridgehead atoms. The van der Waals surface area contributed by atoms with Gasteiger partial charge in [0.25, 0.3) is 0 Å². The van der Waals surface area contributed by atoms with Gasteiger partial charge in [-0.05, 0) is 34.6 Å². The molecule has 0 radical (unpaired) electrons. The first-order chi connectivity index (χ1) is 9.85. The minimum Gasteiger partial charge on any atom is -0.461 e. The SMILES string of the molecule is C/C=C/CB1OC(C(=O)OC(C)C)C(C(=O)OC(C)C)O1. The molecule has 1 aliphatic rings. The molecule has 21 heavy (non-hydrogen) atoms. The summed E-state index contributed by atoms with van der Waals surface area (Å²) in [6.07, 6.45) is 1.37. The molecule has 1 aliphatic heterocycles. The summed E-state index contributed by atoms with van der Waals surface area (Å²) in [6.45, 7) is 8.78. The Morgan fingerprint density at radius 3 is 1.81 bits per heavy atom. The van der Waals surface area contributed by atoms with E-state index >= 15 is 0 Å². The molecular weight excluding hydrogens is 275 g/mol. The van der Waals surface area contributed by atoms with Crippen molar-refractivity contribution in [3.63, 3.8) is 0 Å². The molecule has 7 heteroatoms.